The molecule has 0 aliphatic carbocycles. The van der Waals surface area contributed by atoms with E-state index in [2.05, 4.69) is 10.6 Å². The molecule has 0 spiro atoms. The van der Waals surface area contributed by atoms with Crippen LogP contribution in [0, 0.1) is 5.92 Å². The van der Waals surface area contributed by atoms with Crippen molar-refractivity contribution in [1.82, 2.24) is 10.6 Å². The number of carbonyl (C=O) groups is 1. The van der Waals surface area contributed by atoms with E-state index in [1.165, 1.54) is 7.11 Å². The van der Waals surface area contributed by atoms with E-state index in [1.54, 1.807) is 0 Å². The molecule has 76 valence electrons. The van der Waals surface area contributed by atoms with Gasteiger partial charge in [-0.05, 0) is 5.92 Å². The minimum absolute atomic E-state index is 0.165. The van der Waals surface area contributed by atoms with Gasteiger partial charge in [-0.15, -0.1) is 0 Å². The lowest BCUT2D eigenvalue weighted by Crippen LogP contribution is -2.60. The SMILES string of the molecule is COC(=O)C(NC1CNC1)C(C)C. The fourth-order valence-electron chi connectivity index (χ4n) is 1.32. The Kier molecular flexibility index (Phi) is 3.69. The van der Waals surface area contributed by atoms with Crippen LogP contribution in [0.2, 0.25) is 0 Å². The van der Waals surface area contributed by atoms with Crippen molar-refractivity contribution >= 4 is 5.97 Å². The maximum Gasteiger partial charge on any atom is 0.323 e. The molecule has 13 heavy (non-hydrogen) atoms. The van der Waals surface area contributed by atoms with Gasteiger partial charge in [0.1, 0.15) is 6.04 Å². The zero-order valence-electron chi connectivity index (χ0n) is 8.46. The number of nitrogens with one attached hydrogen (secondary N) is 2. The molecule has 1 aliphatic rings. The maximum atomic E-state index is 11.3. The van der Waals surface area contributed by atoms with E-state index in [0.717, 1.165) is 13.1 Å². The molecule has 1 fully saturated rings. The van der Waals surface area contributed by atoms with Crippen molar-refractivity contribution in [2.24, 2.45) is 5.92 Å². The number of carbonyl (C=O) groups excluding carboxylic acids is 1. The van der Waals surface area contributed by atoms with E-state index in [4.69, 9.17) is 4.74 Å². The lowest BCUT2D eigenvalue weighted by molar-refractivity contribution is -0.144. The van der Waals surface area contributed by atoms with Crippen LogP contribution in [0.4, 0.5) is 0 Å². The lowest BCUT2D eigenvalue weighted by Gasteiger charge is -2.32. The van der Waals surface area contributed by atoms with Gasteiger partial charge < -0.3 is 10.1 Å². The van der Waals surface area contributed by atoms with Crippen LogP contribution in [0.3, 0.4) is 0 Å². The summed E-state index contributed by atoms with van der Waals surface area (Å²) in [6, 6.07) is 0.253. The Hall–Kier alpha value is -0.610. The van der Waals surface area contributed by atoms with Crippen molar-refractivity contribution in [3.8, 4) is 0 Å². The average Bonchev–Trinajstić information content (AvgIpc) is 2.00. The van der Waals surface area contributed by atoms with E-state index in [0.29, 0.717) is 6.04 Å². The second-order valence-electron chi connectivity index (χ2n) is 3.77. The number of ether oxygens (including phenoxy) is 1. The Morgan fingerprint density at radius 3 is 2.46 bits per heavy atom. The predicted octanol–water partition coefficient (Wildman–Crippen LogP) is -0.255. The third kappa shape index (κ3) is 2.67. The molecule has 0 aromatic carbocycles. The maximum absolute atomic E-state index is 11.3. The van der Waals surface area contributed by atoms with Crippen molar-refractivity contribution in [3.63, 3.8) is 0 Å². The van der Waals surface area contributed by atoms with Crippen LogP contribution in [0.25, 0.3) is 0 Å². The van der Waals surface area contributed by atoms with E-state index in [-0.39, 0.29) is 17.9 Å². The summed E-state index contributed by atoms with van der Waals surface area (Å²) in [4.78, 5) is 11.3. The average molecular weight is 186 g/mol. The molecular weight excluding hydrogens is 168 g/mol. The molecule has 0 saturated carbocycles. The number of hydrogen-bond donors (Lipinski definition) is 2. The molecule has 4 nitrogen and oxygen atoms in total. The van der Waals surface area contributed by atoms with Crippen LogP contribution < -0.4 is 10.6 Å². The molecule has 2 N–H and O–H groups in total. The van der Waals surface area contributed by atoms with Crippen molar-refractivity contribution in [2.75, 3.05) is 20.2 Å². The quantitative estimate of drug-likeness (QED) is 0.594. The van der Waals surface area contributed by atoms with Gasteiger partial charge in [0.25, 0.3) is 0 Å². The van der Waals surface area contributed by atoms with Crippen LogP contribution in [-0.2, 0) is 9.53 Å². The molecule has 0 aromatic heterocycles. The van der Waals surface area contributed by atoms with Crippen LogP contribution in [-0.4, -0.2) is 38.3 Å². The Labute approximate surface area is 79.0 Å². The largest absolute Gasteiger partial charge is 0.468 e. The van der Waals surface area contributed by atoms with Crippen molar-refractivity contribution in [1.29, 1.82) is 0 Å². The van der Waals surface area contributed by atoms with Crippen LogP contribution in [0.1, 0.15) is 13.8 Å². The molecular formula is C9H18N2O2. The first-order chi connectivity index (χ1) is 6.15. The zero-order chi connectivity index (χ0) is 9.84. The summed E-state index contributed by atoms with van der Waals surface area (Å²) < 4.78 is 4.72. The van der Waals surface area contributed by atoms with Gasteiger partial charge in [-0.1, -0.05) is 13.8 Å². The Morgan fingerprint density at radius 1 is 1.54 bits per heavy atom. The van der Waals surface area contributed by atoms with Gasteiger partial charge >= 0.3 is 5.97 Å². The van der Waals surface area contributed by atoms with Gasteiger partial charge in [0.2, 0.25) is 0 Å². The monoisotopic (exact) mass is 186 g/mol. The summed E-state index contributed by atoms with van der Waals surface area (Å²) in [6.07, 6.45) is 0. The molecule has 1 aliphatic heterocycles. The summed E-state index contributed by atoms with van der Waals surface area (Å²) in [5, 5.41) is 6.41. The second-order valence-corrected chi connectivity index (χ2v) is 3.77. The fraction of sp³-hybridized carbons (Fsp3) is 0.889. The third-order valence-electron chi connectivity index (χ3n) is 2.32. The molecule has 0 bridgehead atoms. The molecule has 1 heterocycles. The summed E-state index contributed by atoms with van der Waals surface area (Å²) in [5.74, 6) is 0.106. The van der Waals surface area contributed by atoms with Crippen LogP contribution >= 0.6 is 0 Å². The third-order valence-corrected chi connectivity index (χ3v) is 2.32. The highest BCUT2D eigenvalue weighted by Crippen LogP contribution is 2.06. The van der Waals surface area contributed by atoms with Gasteiger partial charge in [-0.25, -0.2) is 0 Å². The summed E-state index contributed by atoms with van der Waals surface area (Å²) in [5.41, 5.74) is 0. The van der Waals surface area contributed by atoms with E-state index >= 15 is 0 Å². The van der Waals surface area contributed by atoms with Gasteiger partial charge in [0.15, 0.2) is 0 Å². The first-order valence-corrected chi connectivity index (χ1v) is 4.69. The van der Waals surface area contributed by atoms with Crippen molar-refractivity contribution in [3.05, 3.63) is 0 Å². The van der Waals surface area contributed by atoms with Crippen LogP contribution in [0.5, 0.6) is 0 Å². The van der Waals surface area contributed by atoms with E-state index in [9.17, 15) is 4.79 Å². The normalized spacial score (nSPS) is 19.7. The highest BCUT2D eigenvalue weighted by atomic mass is 16.5. The number of esters is 1. The molecule has 1 rings (SSSR count). The van der Waals surface area contributed by atoms with E-state index in [1.807, 2.05) is 13.8 Å². The molecule has 1 unspecified atom stereocenters. The highest BCUT2D eigenvalue weighted by Gasteiger charge is 2.28. The predicted molar refractivity (Wildman–Crippen MR) is 50.4 cm³/mol. The smallest absolute Gasteiger partial charge is 0.323 e. The summed E-state index contributed by atoms with van der Waals surface area (Å²) in [7, 11) is 1.43. The Balaban J connectivity index is 2.41. The first kappa shape index (κ1) is 10.5. The molecule has 0 amide bonds. The Bertz CT molecular complexity index is 178. The summed E-state index contributed by atoms with van der Waals surface area (Å²) in [6.45, 7) is 5.92. The first-order valence-electron chi connectivity index (χ1n) is 4.69. The number of rotatable bonds is 4. The van der Waals surface area contributed by atoms with Crippen molar-refractivity contribution in [2.45, 2.75) is 25.9 Å². The van der Waals surface area contributed by atoms with Crippen molar-refractivity contribution < 1.29 is 9.53 Å². The van der Waals surface area contributed by atoms with E-state index < -0.39 is 0 Å². The number of hydrogen-bond acceptors (Lipinski definition) is 4. The highest BCUT2D eigenvalue weighted by molar-refractivity contribution is 5.76. The lowest BCUT2D eigenvalue weighted by atomic mass is 10.0. The minimum Gasteiger partial charge on any atom is -0.468 e. The molecule has 1 saturated heterocycles. The standard InChI is InChI=1S/C9H18N2O2/c1-6(2)8(9(12)13-3)11-7-4-10-5-7/h6-8,10-11H,4-5H2,1-3H3. The molecule has 1 atom stereocenters. The second kappa shape index (κ2) is 4.58. The molecule has 4 heteroatoms. The molecule has 0 aromatic rings. The Morgan fingerprint density at radius 2 is 2.15 bits per heavy atom. The van der Waals surface area contributed by atoms with Crippen LogP contribution in [0.15, 0.2) is 0 Å². The van der Waals surface area contributed by atoms with Gasteiger partial charge in [-0.2, -0.15) is 0 Å². The van der Waals surface area contributed by atoms with Gasteiger partial charge in [0, 0.05) is 19.1 Å². The van der Waals surface area contributed by atoms with Gasteiger partial charge in [0.05, 0.1) is 7.11 Å². The zero-order valence-corrected chi connectivity index (χ0v) is 8.46. The fourth-order valence-corrected chi connectivity index (χ4v) is 1.32. The summed E-state index contributed by atoms with van der Waals surface area (Å²) >= 11 is 0. The topological polar surface area (TPSA) is 50.4 Å². The molecule has 0 radical (unpaired) electrons. The number of methoxy groups -OCH3 is 1. The minimum atomic E-state index is -0.169. The van der Waals surface area contributed by atoms with Gasteiger partial charge in [-0.3, -0.25) is 10.1 Å².